The summed E-state index contributed by atoms with van der Waals surface area (Å²) in [7, 11) is 3.40. The molecule has 0 saturated carbocycles. The number of ether oxygens (including phenoxy) is 2. The fraction of sp³-hybridized carbons (Fsp3) is 0.395. The van der Waals surface area contributed by atoms with Crippen LogP contribution in [0.15, 0.2) is 97.3 Å². The number of hydrogen-bond acceptors (Lipinski definition) is 10. The molecule has 1 amide bonds. The van der Waals surface area contributed by atoms with Crippen LogP contribution in [0.4, 0.5) is 11.4 Å². The van der Waals surface area contributed by atoms with Crippen LogP contribution in [0.5, 0.6) is 11.5 Å². The number of rotatable bonds is 11. The van der Waals surface area contributed by atoms with E-state index in [2.05, 4.69) is 36.8 Å². The molecule has 49 heavy (non-hydrogen) atoms. The highest BCUT2D eigenvalue weighted by Crippen LogP contribution is 2.29. The van der Waals surface area contributed by atoms with Crippen LogP contribution in [0.2, 0.25) is 0 Å². The van der Waals surface area contributed by atoms with Gasteiger partial charge in [-0.05, 0) is 48.5 Å². The normalized spacial score (nSPS) is 16.3. The van der Waals surface area contributed by atoms with E-state index in [4.69, 9.17) is 20.9 Å². The summed E-state index contributed by atoms with van der Waals surface area (Å²) >= 11 is 0. The van der Waals surface area contributed by atoms with Crippen LogP contribution >= 0.6 is 0 Å². The molecule has 0 radical (unpaired) electrons. The molecule has 2 fully saturated rings. The minimum Gasteiger partial charge on any atom is -0.495 e. The van der Waals surface area contributed by atoms with Crippen molar-refractivity contribution in [3.8, 4) is 11.5 Å². The van der Waals surface area contributed by atoms with Gasteiger partial charge in [-0.3, -0.25) is 19.7 Å². The van der Waals surface area contributed by atoms with Crippen LogP contribution in [0.1, 0.15) is 11.4 Å². The summed E-state index contributed by atoms with van der Waals surface area (Å²) in [6.45, 7) is 7.80. The number of nitrogens with two attached hydrogens (primary N) is 2. The molecular formula is C38H50N8O3. The number of benzene rings is 2. The third-order valence-corrected chi connectivity index (χ3v) is 8.98. The Bertz CT molecular complexity index is 1560. The Kier molecular flexibility index (Phi) is 13.2. The topological polar surface area (TPSA) is 126 Å². The van der Waals surface area contributed by atoms with E-state index in [1.54, 1.807) is 20.4 Å². The maximum absolute atomic E-state index is 12.6. The van der Waals surface area contributed by atoms with Crippen LogP contribution in [0, 0.1) is 0 Å². The van der Waals surface area contributed by atoms with E-state index in [1.165, 1.54) is 5.69 Å². The van der Waals surface area contributed by atoms with Crippen LogP contribution in [0.25, 0.3) is 0 Å². The Labute approximate surface area is 290 Å². The summed E-state index contributed by atoms with van der Waals surface area (Å²) in [4.78, 5) is 30.1. The summed E-state index contributed by atoms with van der Waals surface area (Å²) in [6.07, 6.45) is 4.84. The van der Waals surface area contributed by atoms with Gasteiger partial charge in [-0.2, -0.15) is 0 Å². The molecule has 2 saturated heterocycles. The van der Waals surface area contributed by atoms with Gasteiger partial charge in [-0.15, -0.1) is 0 Å². The lowest BCUT2D eigenvalue weighted by Crippen LogP contribution is -2.53. The number of piperazine rings is 2. The SMILES string of the molecule is COc1ccccc1N1CCN(C(=O)[C@H](N)Cc2ccccn2)CC1.COc1ccccc1N1CCN(C[C@H](N)Cc2ccccn2)CC1. The second-order valence-electron chi connectivity index (χ2n) is 12.4. The van der Waals surface area contributed by atoms with E-state index in [0.717, 1.165) is 80.8 Å². The molecular weight excluding hydrogens is 616 g/mol. The lowest BCUT2D eigenvalue weighted by atomic mass is 10.1. The molecule has 6 rings (SSSR count). The Morgan fingerprint density at radius 3 is 1.61 bits per heavy atom. The summed E-state index contributed by atoms with van der Waals surface area (Å²) in [6, 6.07) is 27.4. The van der Waals surface area contributed by atoms with Crippen LogP contribution in [-0.2, 0) is 17.6 Å². The first-order valence-corrected chi connectivity index (χ1v) is 17.0. The number of para-hydroxylation sites is 4. The summed E-state index contributed by atoms with van der Waals surface area (Å²) in [5.74, 6) is 1.79. The monoisotopic (exact) mass is 666 g/mol. The molecule has 2 aliphatic heterocycles. The zero-order valence-electron chi connectivity index (χ0n) is 28.7. The van der Waals surface area contributed by atoms with Crippen molar-refractivity contribution in [3.63, 3.8) is 0 Å². The molecule has 0 bridgehead atoms. The highest BCUT2D eigenvalue weighted by Gasteiger charge is 2.27. The van der Waals surface area contributed by atoms with Gasteiger partial charge in [0.25, 0.3) is 0 Å². The van der Waals surface area contributed by atoms with Crippen molar-refractivity contribution < 1.29 is 14.3 Å². The molecule has 11 nitrogen and oxygen atoms in total. The molecule has 2 aromatic heterocycles. The summed E-state index contributed by atoms with van der Waals surface area (Å²) in [5, 5.41) is 0. The fourth-order valence-corrected chi connectivity index (χ4v) is 6.37. The summed E-state index contributed by atoms with van der Waals surface area (Å²) < 4.78 is 10.9. The predicted molar refractivity (Wildman–Crippen MR) is 195 cm³/mol. The number of hydrogen-bond donors (Lipinski definition) is 2. The molecule has 2 atom stereocenters. The van der Waals surface area contributed by atoms with Gasteiger partial charge in [-0.1, -0.05) is 36.4 Å². The van der Waals surface area contributed by atoms with E-state index in [0.29, 0.717) is 19.5 Å². The summed E-state index contributed by atoms with van der Waals surface area (Å²) in [5.41, 5.74) is 16.6. The van der Waals surface area contributed by atoms with E-state index < -0.39 is 6.04 Å². The number of carbonyl (C=O) groups excluding carboxylic acids is 1. The number of methoxy groups -OCH3 is 2. The quantitative estimate of drug-likeness (QED) is 0.247. The Morgan fingerprint density at radius 1 is 0.653 bits per heavy atom. The van der Waals surface area contributed by atoms with Crippen LogP contribution in [-0.4, -0.2) is 111 Å². The molecule has 4 heterocycles. The van der Waals surface area contributed by atoms with Gasteiger partial charge in [0.05, 0.1) is 31.6 Å². The average molecular weight is 667 g/mol. The molecule has 2 aromatic carbocycles. The standard InChI is InChI=1S/C19H24N4O2.C19H26N4O/c1-25-18-8-3-2-7-17(18)22-10-12-23(13-11-22)19(24)16(20)14-15-6-4-5-9-21-15;1-24-19-8-3-2-7-18(19)23-12-10-22(11-13-23)15-16(20)14-17-6-4-5-9-21-17/h2-9,16H,10-14,20H2,1H3;2-9,16H,10-15,20H2,1H3/t2*16-/m11/s1. The highest BCUT2D eigenvalue weighted by molar-refractivity contribution is 5.82. The molecule has 0 unspecified atom stereocenters. The maximum Gasteiger partial charge on any atom is 0.240 e. The third kappa shape index (κ3) is 10.1. The maximum atomic E-state index is 12.6. The first-order chi connectivity index (χ1) is 23.9. The minimum atomic E-state index is -0.548. The number of pyridine rings is 2. The van der Waals surface area contributed by atoms with Gasteiger partial charge in [0.2, 0.25) is 5.91 Å². The van der Waals surface area contributed by atoms with Crippen molar-refractivity contribution in [2.24, 2.45) is 11.5 Å². The second-order valence-corrected chi connectivity index (χ2v) is 12.4. The largest absolute Gasteiger partial charge is 0.495 e. The van der Waals surface area contributed by atoms with Crippen molar-refractivity contribution in [1.29, 1.82) is 0 Å². The molecule has 260 valence electrons. The number of nitrogens with zero attached hydrogens (tertiary/aromatic N) is 6. The highest BCUT2D eigenvalue weighted by atomic mass is 16.5. The van der Waals surface area contributed by atoms with Crippen molar-refractivity contribution >= 4 is 17.3 Å². The minimum absolute atomic E-state index is 0.00895. The van der Waals surface area contributed by atoms with Gasteiger partial charge < -0.3 is 35.6 Å². The smallest absolute Gasteiger partial charge is 0.240 e. The predicted octanol–water partition coefficient (Wildman–Crippen LogP) is 3.09. The Hall–Kier alpha value is -4.71. The molecule has 0 aliphatic carbocycles. The Morgan fingerprint density at radius 2 is 1.12 bits per heavy atom. The van der Waals surface area contributed by atoms with Gasteiger partial charge in [0.1, 0.15) is 11.5 Å². The van der Waals surface area contributed by atoms with Gasteiger partial charge in [0, 0.05) is 102 Å². The van der Waals surface area contributed by atoms with Crippen LogP contribution < -0.4 is 30.7 Å². The Balaban J connectivity index is 0.000000191. The number of carbonyl (C=O) groups is 1. The third-order valence-electron chi connectivity index (χ3n) is 8.98. The lowest BCUT2D eigenvalue weighted by molar-refractivity contribution is -0.132. The molecule has 4 N–H and O–H groups in total. The van der Waals surface area contributed by atoms with E-state index in [-0.39, 0.29) is 11.9 Å². The zero-order chi connectivity index (χ0) is 34.4. The van der Waals surface area contributed by atoms with Gasteiger partial charge in [0.15, 0.2) is 0 Å². The van der Waals surface area contributed by atoms with Gasteiger partial charge in [-0.25, -0.2) is 0 Å². The van der Waals surface area contributed by atoms with Crippen molar-refractivity contribution in [2.75, 3.05) is 82.9 Å². The zero-order valence-corrected chi connectivity index (χ0v) is 28.7. The fourth-order valence-electron chi connectivity index (χ4n) is 6.37. The second kappa shape index (κ2) is 18.2. The number of amides is 1. The molecule has 0 spiro atoms. The van der Waals surface area contributed by atoms with Crippen LogP contribution in [0.3, 0.4) is 0 Å². The van der Waals surface area contributed by atoms with E-state index >= 15 is 0 Å². The van der Waals surface area contributed by atoms with Crippen molar-refractivity contribution in [1.82, 2.24) is 19.8 Å². The van der Waals surface area contributed by atoms with E-state index in [9.17, 15) is 4.79 Å². The lowest BCUT2D eigenvalue weighted by Gasteiger charge is -2.37. The van der Waals surface area contributed by atoms with Crippen molar-refractivity contribution in [3.05, 3.63) is 109 Å². The first kappa shape index (κ1) is 35.6. The number of anilines is 2. The average Bonchev–Trinajstić information content (AvgIpc) is 3.16. The first-order valence-electron chi connectivity index (χ1n) is 17.0. The number of aromatic nitrogens is 2. The van der Waals surface area contributed by atoms with Gasteiger partial charge >= 0.3 is 0 Å². The molecule has 11 heteroatoms. The van der Waals surface area contributed by atoms with E-state index in [1.807, 2.05) is 83.9 Å². The van der Waals surface area contributed by atoms with Crippen molar-refractivity contribution in [2.45, 2.75) is 24.9 Å². The molecule has 4 aromatic rings. The molecule has 2 aliphatic rings.